The molecule has 1 fully saturated rings. The fourth-order valence-corrected chi connectivity index (χ4v) is 2.81. The van der Waals surface area contributed by atoms with Gasteiger partial charge in [-0.05, 0) is 18.6 Å². The number of aromatic nitrogens is 4. The number of hydrogen-bond donors (Lipinski definition) is 2. The van der Waals surface area contributed by atoms with Crippen LogP contribution in [-0.2, 0) is 0 Å². The number of anilines is 2. The van der Waals surface area contributed by atoms with E-state index >= 15 is 0 Å². The van der Waals surface area contributed by atoms with Crippen molar-refractivity contribution in [2.75, 3.05) is 23.3 Å². The first-order chi connectivity index (χ1) is 12.1. The highest BCUT2D eigenvalue weighted by Crippen LogP contribution is 2.19. The van der Waals surface area contributed by atoms with Crippen LogP contribution in [0.25, 0.3) is 5.65 Å². The number of aliphatic hydroxyl groups excluding tert-OH is 1. The Balaban J connectivity index is 1.64. The van der Waals surface area contributed by atoms with Crippen LogP contribution in [0.15, 0.2) is 36.8 Å². The number of halogens is 1. The molecular formula is C16H15FN6O2. The highest BCUT2D eigenvalue weighted by molar-refractivity contribution is 6.03. The van der Waals surface area contributed by atoms with Gasteiger partial charge in [0.15, 0.2) is 11.3 Å². The molecule has 0 radical (unpaired) electrons. The van der Waals surface area contributed by atoms with Crippen LogP contribution >= 0.6 is 0 Å². The molecule has 1 saturated heterocycles. The maximum absolute atomic E-state index is 13.2. The first-order valence-corrected chi connectivity index (χ1v) is 7.80. The molecule has 2 N–H and O–H groups in total. The lowest BCUT2D eigenvalue weighted by Gasteiger charge is -2.16. The molecule has 25 heavy (non-hydrogen) atoms. The summed E-state index contributed by atoms with van der Waals surface area (Å²) >= 11 is 0. The third kappa shape index (κ3) is 3.01. The van der Waals surface area contributed by atoms with E-state index in [1.807, 2.05) is 4.90 Å². The highest BCUT2D eigenvalue weighted by Gasteiger charge is 2.22. The Morgan fingerprint density at radius 3 is 2.96 bits per heavy atom. The molecule has 128 valence electrons. The minimum absolute atomic E-state index is 0.223. The third-order valence-corrected chi connectivity index (χ3v) is 4.03. The average molecular weight is 342 g/mol. The zero-order valence-electron chi connectivity index (χ0n) is 13.1. The van der Waals surface area contributed by atoms with Gasteiger partial charge in [0.05, 0.1) is 30.4 Å². The molecule has 0 unspecified atom stereocenters. The van der Waals surface area contributed by atoms with Crippen LogP contribution in [0.3, 0.4) is 0 Å². The second-order valence-corrected chi connectivity index (χ2v) is 5.84. The molecule has 0 bridgehead atoms. The van der Waals surface area contributed by atoms with E-state index in [9.17, 15) is 14.3 Å². The number of β-amino-alcohol motifs (C(OH)–C–C–N with tert-alkyl or cyclic N) is 1. The van der Waals surface area contributed by atoms with E-state index in [-0.39, 0.29) is 17.5 Å². The lowest BCUT2D eigenvalue weighted by Crippen LogP contribution is -2.23. The summed E-state index contributed by atoms with van der Waals surface area (Å²) in [6.45, 7) is 1.20. The second kappa shape index (κ2) is 6.10. The van der Waals surface area contributed by atoms with Gasteiger partial charge in [-0.3, -0.25) is 9.78 Å². The van der Waals surface area contributed by atoms with Crippen molar-refractivity contribution in [1.29, 1.82) is 0 Å². The fourth-order valence-electron chi connectivity index (χ4n) is 2.81. The molecule has 3 aromatic heterocycles. The topological polar surface area (TPSA) is 95.7 Å². The fraction of sp³-hybridized carbons (Fsp3) is 0.250. The van der Waals surface area contributed by atoms with Crippen LogP contribution in [0.1, 0.15) is 16.9 Å². The number of carbonyl (C=O) groups excluding carboxylic acids is 1. The number of fused-ring (bicyclic) bond motifs is 1. The summed E-state index contributed by atoms with van der Waals surface area (Å²) in [4.78, 5) is 22.3. The van der Waals surface area contributed by atoms with Crippen molar-refractivity contribution in [2.24, 2.45) is 0 Å². The number of amides is 1. The number of imidazole rings is 1. The van der Waals surface area contributed by atoms with Crippen molar-refractivity contribution in [1.82, 2.24) is 19.6 Å². The normalized spacial score (nSPS) is 17.2. The number of nitrogens with zero attached hydrogens (tertiary/aromatic N) is 5. The molecule has 9 heteroatoms. The Hall–Kier alpha value is -3.07. The van der Waals surface area contributed by atoms with Gasteiger partial charge in [0.25, 0.3) is 5.91 Å². The number of aliphatic hydroxyl groups is 1. The van der Waals surface area contributed by atoms with E-state index in [4.69, 9.17) is 0 Å². The molecule has 0 aromatic carbocycles. The van der Waals surface area contributed by atoms with Crippen LogP contribution in [0, 0.1) is 5.82 Å². The maximum atomic E-state index is 13.2. The van der Waals surface area contributed by atoms with Crippen molar-refractivity contribution in [3.63, 3.8) is 0 Å². The summed E-state index contributed by atoms with van der Waals surface area (Å²) in [5.74, 6) is -0.349. The average Bonchev–Trinajstić information content (AvgIpc) is 3.20. The smallest absolute Gasteiger partial charge is 0.276 e. The van der Waals surface area contributed by atoms with Gasteiger partial charge in [-0.15, -0.1) is 5.10 Å². The first kappa shape index (κ1) is 15.5. The van der Waals surface area contributed by atoms with Gasteiger partial charge < -0.3 is 15.3 Å². The number of nitrogens with one attached hydrogen (secondary N) is 1. The molecule has 1 aliphatic rings. The minimum Gasteiger partial charge on any atom is -0.391 e. The Labute approximate surface area is 141 Å². The van der Waals surface area contributed by atoms with Crippen molar-refractivity contribution in [2.45, 2.75) is 12.5 Å². The number of rotatable bonds is 3. The molecule has 3 aromatic rings. The van der Waals surface area contributed by atoms with Gasteiger partial charge in [0.2, 0.25) is 0 Å². The zero-order valence-corrected chi connectivity index (χ0v) is 13.1. The highest BCUT2D eigenvalue weighted by atomic mass is 19.1. The maximum Gasteiger partial charge on any atom is 0.276 e. The molecule has 1 amide bonds. The standard InChI is InChI=1S/C16H15FN6O2/c17-10-5-11(7-18-6-10)20-16(25)13-8-19-14-1-2-15(21-23(13)14)22-4-3-12(24)9-22/h1-2,5-8,12,24H,3-4,9H2,(H,20,25)/t12-/m0/s1. The summed E-state index contributed by atoms with van der Waals surface area (Å²) in [5, 5.41) is 16.7. The van der Waals surface area contributed by atoms with E-state index in [1.54, 1.807) is 12.1 Å². The van der Waals surface area contributed by atoms with Crippen molar-refractivity contribution in [3.05, 3.63) is 48.3 Å². The van der Waals surface area contributed by atoms with Crippen LogP contribution in [-0.4, -0.2) is 49.8 Å². The molecule has 0 saturated carbocycles. The summed E-state index contributed by atoms with van der Waals surface area (Å²) in [5.41, 5.74) is 0.991. The van der Waals surface area contributed by atoms with Gasteiger partial charge in [0, 0.05) is 19.2 Å². The van der Waals surface area contributed by atoms with Crippen LogP contribution in [0.2, 0.25) is 0 Å². The zero-order chi connectivity index (χ0) is 17.4. The summed E-state index contributed by atoms with van der Waals surface area (Å²) in [7, 11) is 0. The molecule has 1 aliphatic heterocycles. The summed E-state index contributed by atoms with van der Waals surface area (Å²) in [6.07, 6.45) is 4.14. The van der Waals surface area contributed by atoms with E-state index in [2.05, 4.69) is 20.4 Å². The van der Waals surface area contributed by atoms with Gasteiger partial charge >= 0.3 is 0 Å². The van der Waals surface area contributed by atoms with E-state index in [0.29, 0.717) is 31.0 Å². The quantitative estimate of drug-likeness (QED) is 0.740. The Morgan fingerprint density at radius 1 is 1.32 bits per heavy atom. The Kier molecular flexibility index (Phi) is 3.77. The first-order valence-electron chi connectivity index (χ1n) is 7.80. The Morgan fingerprint density at radius 2 is 2.20 bits per heavy atom. The summed E-state index contributed by atoms with van der Waals surface area (Å²) < 4.78 is 14.6. The largest absolute Gasteiger partial charge is 0.391 e. The van der Waals surface area contributed by atoms with Gasteiger partial charge in [-0.25, -0.2) is 13.9 Å². The predicted molar refractivity (Wildman–Crippen MR) is 88.0 cm³/mol. The van der Waals surface area contributed by atoms with Crippen LogP contribution in [0.4, 0.5) is 15.9 Å². The second-order valence-electron chi connectivity index (χ2n) is 5.84. The van der Waals surface area contributed by atoms with Crippen LogP contribution < -0.4 is 10.2 Å². The Bertz CT molecular complexity index is 943. The summed E-state index contributed by atoms with van der Waals surface area (Å²) in [6, 6.07) is 4.74. The number of carbonyl (C=O) groups is 1. The van der Waals surface area contributed by atoms with E-state index < -0.39 is 11.7 Å². The predicted octanol–water partition coefficient (Wildman–Crippen LogP) is 1.09. The molecule has 0 aliphatic carbocycles. The van der Waals surface area contributed by atoms with E-state index in [0.717, 1.165) is 6.20 Å². The number of hydrogen-bond acceptors (Lipinski definition) is 6. The third-order valence-electron chi connectivity index (χ3n) is 4.03. The van der Waals surface area contributed by atoms with Gasteiger partial charge in [0.1, 0.15) is 11.6 Å². The lowest BCUT2D eigenvalue weighted by atomic mass is 10.3. The SMILES string of the molecule is O=C(Nc1cncc(F)c1)c1cnc2ccc(N3CC[C@H](O)C3)nn12. The lowest BCUT2D eigenvalue weighted by molar-refractivity contribution is 0.102. The van der Waals surface area contributed by atoms with Crippen molar-refractivity contribution < 1.29 is 14.3 Å². The van der Waals surface area contributed by atoms with Gasteiger partial charge in [-0.2, -0.15) is 0 Å². The van der Waals surface area contributed by atoms with Crippen molar-refractivity contribution in [3.8, 4) is 0 Å². The van der Waals surface area contributed by atoms with Crippen molar-refractivity contribution >= 4 is 23.1 Å². The van der Waals surface area contributed by atoms with Crippen LogP contribution in [0.5, 0.6) is 0 Å². The molecular weight excluding hydrogens is 327 g/mol. The molecule has 4 rings (SSSR count). The van der Waals surface area contributed by atoms with Gasteiger partial charge in [-0.1, -0.05) is 0 Å². The molecule has 8 nitrogen and oxygen atoms in total. The molecule has 1 atom stereocenters. The number of pyridine rings is 1. The molecule has 0 spiro atoms. The van der Waals surface area contributed by atoms with E-state index in [1.165, 1.54) is 23.0 Å². The minimum atomic E-state index is -0.538. The monoisotopic (exact) mass is 342 g/mol. The molecule has 4 heterocycles.